The number of aromatic nitrogens is 3. The van der Waals surface area contributed by atoms with Crippen molar-refractivity contribution in [1.29, 1.82) is 0 Å². The van der Waals surface area contributed by atoms with Gasteiger partial charge in [-0.15, -0.1) is 0 Å². The van der Waals surface area contributed by atoms with Gasteiger partial charge in [-0.2, -0.15) is 0 Å². The molecule has 0 unspecified atom stereocenters. The first-order valence-corrected chi connectivity index (χ1v) is 9.55. The lowest BCUT2D eigenvalue weighted by Crippen LogP contribution is -2.45. The van der Waals surface area contributed by atoms with Gasteiger partial charge in [0.1, 0.15) is 5.82 Å². The highest BCUT2D eigenvalue weighted by Crippen LogP contribution is 2.37. The number of nitrogens with zero attached hydrogens (tertiary/aromatic N) is 5. The van der Waals surface area contributed by atoms with E-state index < -0.39 is 5.41 Å². The average molecular weight is 403 g/mol. The number of nitrogens with two attached hydrogens (primary N) is 1. The van der Waals surface area contributed by atoms with Crippen LogP contribution in [0.2, 0.25) is 0 Å². The fourth-order valence-corrected chi connectivity index (χ4v) is 3.59. The van der Waals surface area contributed by atoms with Crippen LogP contribution >= 0.6 is 0 Å². The molecule has 3 N–H and O–H groups in total. The summed E-state index contributed by atoms with van der Waals surface area (Å²) in [7, 11) is 0. The number of amides is 1. The molecule has 0 spiro atoms. The summed E-state index contributed by atoms with van der Waals surface area (Å²) in [6, 6.07) is 13.3. The SMILES string of the molecule is NN=Nc1ncc(-c2ccc(C3(C(=O)Nc4ccccn4)CCOCC3)cc2)cn1. The lowest BCUT2D eigenvalue weighted by Gasteiger charge is -2.36. The lowest BCUT2D eigenvalue weighted by molar-refractivity contribution is -0.125. The smallest absolute Gasteiger partial charge is 0.270 e. The molecule has 3 heterocycles. The number of carbonyl (C=O) groups excluding carboxylic acids is 1. The zero-order valence-corrected chi connectivity index (χ0v) is 16.2. The van der Waals surface area contributed by atoms with Gasteiger partial charge in [-0.3, -0.25) is 4.79 Å². The molecule has 3 aromatic rings. The number of nitrogens with one attached hydrogen (secondary N) is 1. The molecule has 2 aromatic heterocycles. The van der Waals surface area contributed by atoms with Crippen LogP contribution in [0.15, 0.2) is 71.4 Å². The second-order valence-corrected chi connectivity index (χ2v) is 6.93. The molecule has 0 atom stereocenters. The van der Waals surface area contributed by atoms with E-state index in [1.54, 1.807) is 24.7 Å². The van der Waals surface area contributed by atoms with Crippen LogP contribution < -0.4 is 11.2 Å². The highest BCUT2D eigenvalue weighted by Gasteiger charge is 2.41. The van der Waals surface area contributed by atoms with E-state index in [0.29, 0.717) is 31.9 Å². The summed E-state index contributed by atoms with van der Waals surface area (Å²) < 4.78 is 5.53. The van der Waals surface area contributed by atoms with Crippen LogP contribution in [0.3, 0.4) is 0 Å². The van der Waals surface area contributed by atoms with Gasteiger partial charge in [-0.1, -0.05) is 40.7 Å². The third kappa shape index (κ3) is 4.01. The van der Waals surface area contributed by atoms with Crippen molar-refractivity contribution in [2.75, 3.05) is 18.5 Å². The van der Waals surface area contributed by atoms with Crippen LogP contribution in [0, 0.1) is 0 Å². The number of hydrogen-bond acceptors (Lipinski definition) is 7. The van der Waals surface area contributed by atoms with Crippen molar-refractivity contribution in [3.8, 4) is 11.1 Å². The molecule has 9 heteroatoms. The second kappa shape index (κ2) is 8.75. The molecule has 0 radical (unpaired) electrons. The molecule has 152 valence electrons. The molecule has 1 amide bonds. The normalized spacial score (nSPS) is 15.7. The van der Waals surface area contributed by atoms with E-state index in [1.807, 2.05) is 36.4 Å². The van der Waals surface area contributed by atoms with Gasteiger partial charge in [0.05, 0.1) is 5.41 Å². The lowest BCUT2D eigenvalue weighted by atomic mass is 9.73. The molecular weight excluding hydrogens is 382 g/mol. The van der Waals surface area contributed by atoms with Crippen LogP contribution in [0.5, 0.6) is 0 Å². The number of pyridine rings is 1. The Balaban J connectivity index is 1.60. The number of hydrogen-bond donors (Lipinski definition) is 2. The molecule has 0 saturated carbocycles. The maximum Gasteiger partial charge on any atom is 0.270 e. The topological polar surface area (TPSA) is 128 Å². The summed E-state index contributed by atoms with van der Waals surface area (Å²) in [6.45, 7) is 1.06. The molecule has 0 bridgehead atoms. The van der Waals surface area contributed by atoms with Gasteiger partial charge in [0.2, 0.25) is 5.91 Å². The molecule has 1 aliphatic heterocycles. The van der Waals surface area contributed by atoms with E-state index in [9.17, 15) is 4.79 Å². The molecule has 1 aliphatic rings. The quantitative estimate of drug-likeness (QED) is 0.382. The van der Waals surface area contributed by atoms with E-state index >= 15 is 0 Å². The third-order valence-corrected chi connectivity index (χ3v) is 5.24. The van der Waals surface area contributed by atoms with Crippen molar-refractivity contribution in [2.45, 2.75) is 18.3 Å². The molecule has 30 heavy (non-hydrogen) atoms. The second-order valence-electron chi connectivity index (χ2n) is 6.93. The number of rotatable bonds is 5. The first-order chi connectivity index (χ1) is 14.7. The van der Waals surface area contributed by atoms with E-state index in [1.165, 1.54) is 0 Å². The van der Waals surface area contributed by atoms with Gasteiger partial charge in [-0.05, 0) is 36.1 Å². The van der Waals surface area contributed by atoms with Crippen molar-refractivity contribution in [1.82, 2.24) is 15.0 Å². The standard InChI is InChI=1S/C21H21N7O2/c22-28-27-20-24-13-16(14-25-20)15-4-6-17(7-5-15)21(8-11-30-12-9-21)19(29)26-18-3-1-2-10-23-18/h1-7,10,13-14H,8-9,11-12H2,(H,23,26,29)(H2,22,24,25,27). The summed E-state index contributed by atoms with van der Waals surface area (Å²) in [4.78, 5) is 25.7. The zero-order valence-electron chi connectivity index (χ0n) is 16.2. The third-order valence-electron chi connectivity index (χ3n) is 5.24. The Kier molecular flexibility index (Phi) is 5.71. The van der Waals surface area contributed by atoms with E-state index in [-0.39, 0.29) is 11.9 Å². The zero-order chi connectivity index (χ0) is 20.8. The Morgan fingerprint density at radius 2 is 1.73 bits per heavy atom. The first kappa shape index (κ1) is 19.6. The van der Waals surface area contributed by atoms with Gasteiger partial charge in [0, 0.05) is 37.4 Å². The van der Waals surface area contributed by atoms with Gasteiger partial charge in [0.25, 0.3) is 5.95 Å². The molecule has 1 fully saturated rings. The van der Waals surface area contributed by atoms with E-state index in [0.717, 1.165) is 16.7 Å². The van der Waals surface area contributed by atoms with Crippen molar-refractivity contribution in [2.24, 2.45) is 16.2 Å². The summed E-state index contributed by atoms with van der Waals surface area (Å²) >= 11 is 0. The van der Waals surface area contributed by atoms with Crippen molar-refractivity contribution in [3.63, 3.8) is 0 Å². The van der Waals surface area contributed by atoms with Gasteiger partial charge < -0.3 is 15.9 Å². The molecule has 4 rings (SSSR count). The van der Waals surface area contributed by atoms with Gasteiger partial charge in [0.15, 0.2) is 0 Å². The Morgan fingerprint density at radius 1 is 1.00 bits per heavy atom. The van der Waals surface area contributed by atoms with Crippen molar-refractivity contribution < 1.29 is 9.53 Å². The number of ether oxygens (including phenoxy) is 1. The molecule has 1 saturated heterocycles. The van der Waals surface area contributed by atoms with Crippen LogP contribution in [0.4, 0.5) is 11.8 Å². The van der Waals surface area contributed by atoms with Crippen LogP contribution in [0.25, 0.3) is 11.1 Å². The minimum absolute atomic E-state index is 0.0721. The predicted molar refractivity (Wildman–Crippen MR) is 111 cm³/mol. The Labute approximate surface area is 173 Å². The predicted octanol–water partition coefficient (Wildman–Crippen LogP) is 3.18. The van der Waals surface area contributed by atoms with Crippen LogP contribution in [-0.2, 0) is 14.9 Å². The highest BCUT2D eigenvalue weighted by molar-refractivity contribution is 5.98. The number of benzene rings is 1. The maximum absolute atomic E-state index is 13.3. The van der Waals surface area contributed by atoms with Crippen LogP contribution in [0.1, 0.15) is 18.4 Å². The fraction of sp³-hybridized carbons (Fsp3) is 0.238. The molecule has 9 nitrogen and oxygen atoms in total. The fourth-order valence-electron chi connectivity index (χ4n) is 3.59. The Hall–Kier alpha value is -3.72. The summed E-state index contributed by atoms with van der Waals surface area (Å²) in [5.41, 5.74) is 2.03. The van der Waals surface area contributed by atoms with E-state index in [2.05, 4.69) is 30.6 Å². The van der Waals surface area contributed by atoms with Crippen molar-refractivity contribution in [3.05, 3.63) is 66.6 Å². The minimum atomic E-state index is -0.670. The monoisotopic (exact) mass is 403 g/mol. The number of anilines is 1. The summed E-state index contributed by atoms with van der Waals surface area (Å²) in [5, 5.41) is 9.73. The molecule has 0 aliphatic carbocycles. The van der Waals surface area contributed by atoms with Crippen molar-refractivity contribution >= 4 is 17.7 Å². The van der Waals surface area contributed by atoms with Crippen LogP contribution in [-0.4, -0.2) is 34.1 Å². The van der Waals surface area contributed by atoms with E-state index in [4.69, 9.17) is 10.6 Å². The largest absolute Gasteiger partial charge is 0.381 e. The molecule has 1 aromatic carbocycles. The van der Waals surface area contributed by atoms with Gasteiger partial charge >= 0.3 is 0 Å². The summed E-state index contributed by atoms with van der Waals surface area (Å²) in [5.74, 6) is 5.68. The average Bonchev–Trinajstić information content (AvgIpc) is 2.81. The number of carbonyl (C=O) groups is 1. The maximum atomic E-state index is 13.3. The summed E-state index contributed by atoms with van der Waals surface area (Å²) in [6.07, 6.45) is 6.18. The van der Waals surface area contributed by atoms with Gasteiger partial charge in [-0.25, -0.2) is 15.0 Å². The minimum Gasteiger partial charge on any atom is -0.381 e. The Bertz CT molecular complexity index is 1020. The Morgan fingerprint density at radius 3 is 2.37 bits per heavy atom. The first-order valence-electron chi connectivity index (χ1n) is 9.55. The highest BCUT2D eigenvalue weighted by atomic mass is 16.5. The molecular formula is C21H21N7O2.